The monoisotopic (exact) mass is 524 g/mol. The van der Waals surface area contributed by atoms with Crippen molar-refractivity contribution in [3.8, 4) is 5.75 Å². The molecule has 2 fully saturated rings. The Morgan fingerprint density at radius 3 is 2.70 bits per heavy atom. The number of anilines is 1. The van der Waals surface area contributed by atoms with Crippen molar-refractivity contribution < 1.29 is 23.9 Å². The van der Waals surface area contributed by atoms with Gasteiger partial charge in [-0.2, -0.15) is 0 Å². The van der Waals surface area contributed by atoms with Gasteiger partial charge in [0.1, 0.15) is 11.9 Å². The van der Waals surface area contributed by atoms with Gasteiger partial charge in [-0.3, -0.25) is 14.4 Å². The molecule has 0 saturated heterocycles. The molecule has 2 saturated carbocycles. The quantitative estimate of drug-likeness (QED) is 0.379. The molecule has 198 valence electrons. The summed E-state index contributed by atoms with van der Waals surface area (Å²) < 4.78 is 11.3. The Bertz CT molecular complexity index is 1210. The fourth-order valence-electron chi connectivity index (χ4n) is 7.61. The van der Waals surface area contributed by atoms with Crippen molar-refractivity contribution in [2.75, 3.05) is 5.32 Å². The van der Waals surface area contributed by atoms with Crippen LogP contribution in [0.5, 0.6) is 5.75 Å². The van der Waals surface area contributed by atoms with Crippen molar-refractivity contribution in [3.63, 3.8) is 0 Å². The van der Waals surface area contributed by atoms with Gasteiger partial charge in [0.05, 0.1) is 0 Å². The van der Waals surface area contributed by atoms with Gasteiger partial charge in [0.25, 0.3) is 0 Å². The predicted molar refractivity (Wildman–Crippen MR) is 142 cm³/mol. The second-order valence-electron chi connectivity index (χ2n) is 11.3. The molecule has 1 aromatic carbocycles. The molecule has 37 heavy (non-hydrogen) atoms. The van der Waals surface area contributed by atoms with Crippen LogP contribution in [0.25, 0.3) is 0 Å². The molecule has 6 atom stereocenters. The first kappa shape index (κ1) is 25.9. The van der Waals surface area contributed by atoms with Gasteiger partial charge in [0, 0.05) is 36.8 Å². The summed E-state index contributed by atoms with van der Waals surface area (Å²) in [5.74, 6) is 1.67. The minimum absolute atomic E-state index is 0.00802. The molecule has 1 heterocycles. The van der Waals surface area contributed by atoms with E-state index in [1.54, 1.807) is 6.20 Å². The van der Waals surface area contributed by atoms with Crippen molar-refractivity contribution >= 4 is 34.3 Å². The van der Waals surface area contributed by atoms with Crippen LogP contribution < -0.4 is 10.1 Å². The molecule has 3 aliphatic rings. The van der Waals surface area contributed by atoms with Gasteiger partial charge >= 0.3 is 11.9 Å². The van der Waals surface area contributed by atoms with Crippen LogP contribution in [0.1, 0.15) is 81.2 Å². The number of fused-ring (bicyclic) bond motifs is 5. The first-order valence-electron chi connectivity index (χ1n) is 13.3. The molecular formula is C29H36N2O5S. The van der Waals surface area contributed by atoms with E-state index in [1.165, 1.54) is 36.3 Å². The zero-order valence-corrected chi connectivity index (χ0v) is 22.9. The van der Waals surface area contributed by atoms with Crippen LogP contribution in [0.3, 0.4) is 0 Å². The molecule has 3 aliphatic carbocycles. The fourth-order valence-corrected chi connectivity index (χ4v) is 8.29. The normalized spacial score (nSPS) is 30.0. The number of hydrogen-bond acceptors (Lipinski definition) is 7. The SMILES string of the molecule is CC(=O)Oc1ccc2c(c1)CCC1C2CCC2(C)C(OC(C)=O)CC(CCC(=O)Nc3ncc(C)s3)C12. The summed E-state index contributed by atoms with van der Waals surface area (Å²) >= 11 is 1.48. The van der Waals surface area contributed by atoms with Crippen LogP contribution in [0.15, 0.2) is 24.4 Å². The van der Waals surface area contributed by atoms with E-state index in [0.717, 1.165) is 43.4 Å². The third-order valence-electron chi connectivity index (χ3n) is 8.93. The number of thiazole rings is 1. The number of aromatic nitrogens is 1. The van der Waals surface area contributed by atoms with Gasteiger partial charge < -0.3 is 14.8 Å². The van der Waals surface area contributed by atoms with E-state index in [9.17, 15) is 14.4 Å². The highest BCUT2D eigenvalue weighted by atomic mass is 32.1. The lowest BCUT2D eigenvalue weighted by molar-refractivity contribution is -0.154. The maximum absolute atomic E-state index is 12.8. The highest BCUT2D eigenvalue weighted by molar-refractivity contribution is 7.15. The minimum Gasteiger partial charge on any atom is -0.462 e. The standard InChI is InChI=1S/C29H36N2O5S/c1-16-15-30-28(37-16)31-26(34)10-6-20-14-25(36-18(3)33)29(4)12-11-23-22-9-7-21(35-17(2)32)13-19(22)5-8-24(23)27(20)29/h7,9,13,15,20,23-25,27H,5-6,8,10-12,14H2,1-4H3,(H,30,31,34). The first-order valence-corrected chi connectivity index (χ1v) is 14.2. The van der Waals surface area contributed by atoms with E-state index in [4.69, 9.17) is 9.47 Å². The van der Waals surface area contributed by atoms with Gasteiger partial charge in [0.2, 0.25) is 5.91 Å². The number of rotatable bonds is 6. The van der Waals surface area contributed by atoms with Gasteiger partial charge in [-0.1, -0.05) is 13.0 Å². The molecule has 0 aliphatic heterocycles. The molecule has 0 radical (unpaired) electrons. The third-order valence-corrected chi connectivity index (χ3v) is 9.76. The number of nitrogens with one attached hydrogen (secondary N) is 1. The Balaban J connectivity index is 1.36. The number of carbonyl (C=O) groups is 3. The summed E-state index contributed by atoms with van der Waals surface area (Å²) in [5.41, 5.74) is 2.55. The van der Waals surface area contributed by atoms with Gasteiger partial charge in [0.15, 0.2) is 5.13 Å². The molecule has 7 nitrogen and oxygen atoms in total. The molecule has 8 heteroatoms. The van der Waals surface area contributed by atoms with Crippen LogP contribution in [0, 0.1) is 30.1 Å². The molecule has 1 amide bonds. The van der Waals surface area contributed by atoms with E-state index >= 15 is 0 Å². The number of hydrogen-bond donors (Lipinski definition) is 1. The highest BCUT2D eigenvalue weighted by Gasteiger charge is 2.59. The number of esters is 2. The van der Waals surface area contributed by atoms with Crippen LogP contribution in [0.2, 0.25) is 0 Å². The molecule has 2 aromatic rings. The van der Waals surface area contributed by atoms with E-state index in [-0.39, 0.29) is 29.4 Å². The van der Waals surface area contributed by atoms with E-state index in [1.807, 2.05) is 19.1 Å². The molecule has 1 N–H and O–H groups in total. The maximum Gasteiger partial charge on any atom is 0.308 e. The minimum atomic E-state index is -0.304. The van der Waals surface area contributed by atoms with E-state index < -0.39 is 0 Å². The highest BCUT2D eigenvalue weighted by Crippen LogP contribution is 2.64. The number of amides is 1. The average Bonchev–Trinajstić information content (AvgIpc) is 3.36. The Hall–Kier alpha value is -2.74. The van der Waals surface area contributed by atoms with Crippen molar-refractivity contribution in [2.45, 2.75) is 84.7 Å². The maximum atomic E-state index is 12.8. The molecule has 5 rings (SSSR count). The summed E-state index contributed by atoms with van der Waals surface area (Å²) in [7, 11) is 0. The molecular weight excluding hydrogens is 488 g/mol. The van der Waals surface area contributed by atoms with E-state index in [2.05, 4.69) is 23.3 Å². The smallest absolute Gasteiger partial charge is 0.308 e. The fraction of sp³-hybridized carbons (Fsp3) is 0.586. The van der Waals surface area contributed by atoms with Crippen molar-refractivity contribution in [3.05, 3.63) is 40.4 Å². The van der Waals surface area contributed by atoms with Gasteiger partial charge in [-0.15, -0.1) is 11.3 Å². The summed E-state index contributed by atoms with van der Waals surface area (Å²) in [6.45, 7) is 7.20. The zero-order valence-electron chi connectivity index (χ0n) is 22.0. The topological polar surface area (TPSA) is 94.6 Å². The van der Waals surface area contributed by atoms with Gasteiger partial charge in [-0.25, -0.2) is 4.98 Å². The number of carbonyl (C=O) groups excluding carboxylic acids is 3. The molecule has 0 bridgehead atoms. The summed E-state index contributed by atoms with van der Waals surface area (Å²) in [5, 5.41) is 3.59. The summed E-state index contributed by atoms with van der Waals surface area (Å²) in [6, 6.07) is 6.08. The Morgan fingerprint density at radius 1 is 1.19 bits per heavy atom. The molecule has 6 unspecified atom stereocenters. The number of benzene rings is 1. The average molecular weight is 525 g/mol. The van der Waals surface area contributed by atoms with Crippen LogP contribution in [-0.2, 0) is 25.5 Å². The Kier molecular flexibility index (Phi) is 7.14. The van der Waals surface area contributed by atoms with Crippen LogP contribution in [-0.4, -0.2) is 28.9 Å². The van der Waals surface area contributed by atoms with Crippen LogP contribution in [0.4, 0.5) is 5.13 Å². The van der Waals surface area contributed by atoms with Crippen molar-refractivity contribution in [2.24, 2.45) is 23.2 Å². The number of aryl methyl sites for hydroxylation is 2. The predicted octanol–water partition coefficient (Wildman–Crippen LogP) is 5.81. The lowest BCUT2D eigenvalue weighted by atomic mass is 9.53. The number of nitrogens with zero attached hydrogens (tertiary/aromatic N) is 1. The Labute approximate surface area is 222 Å². The second-order valence-corrected chi connectivity index (χ2v) is 12.5. The lowest BCUT2D eigenvalue weighted by Crippen LogP contribution is -2.46. The first-order chi connectivity index (χ1) is 17.6. The Morgan fingerprint density at radius 2 is 2.00 bits per heavy atom. The lowest BCUT2D eigenvalue weighted by Gasteiger charge is -2.51. The third kappa shape index (κ3) is 5.17. The van der Waals surface area contributed by atoms with Crippen molar-refractivity contribution in [1.29, 1.82) is 0 Å². The summed E-state index contributed by atoms with van der Waals surface area (Å²) in [6.07, 6.45) is 7.70. The van der Waals surface area contributed by atoms with Gasteiger partial charge in [-0.05, 0) is 92.4 Å². The largest absolute Gasteiger partial charge is 0.462 e. The molecule has 1 aromatic heterocycles. The van der Waals surface area contributed by atoms with E-state index in [0.29, 0.717) is 41.0 Å². The van der Waals surface area contributed by atoms with Crippen LogP contribution >= 0.6 is 11.3 Å². The number of ether oxygens (including phenoxy) is 2. The second kappa shape index (κ2) is 10.2. The summed E-state index contributed by atoms with van der Waals surface area (Å²) in [4.78, 5) is 41.5. The molecule has 0 spiro atoms. The zero-order chi connectivity index (χ0) is 26.3. The van der Waals surface area contributed by atoms with Crippen molar-refractivity contribution in [1.82, 2.24) is 4.98 Å².